The monoisotopic (exact) mass is 329 g/mol. The van der Waals surface area contributed by atoms with Crippen molar-refractivity contribution in [2.45, 2.75) is 44.6 Å². The molecule has 0 saturated heterocycles. The van der Waals surface area contributed by atoms with E-state index in [0.29, 0.717) is 6.04 Å². The van der Waals surface area contributed by atoms with Crippen LogP contribution in [0.2, 0.25) is 5.02 Å². The highest BCUT2D eigenvalue weighted by atomic mass is 79.9. The van der Waals surface area contributed by atoms with E-state index >= 15 is 0 Å². The fourth-order valence-electron chi connectivity index (χ4n) is 3.02. The summed E-state index contributed by atoms with van der Waals surface area (Å²) in [5, 5.41) is 4.29. The summed E-state index contributed by atoms with van der Waals surface area (Å²) in [5.74, 6) is 0.755. The number of hydrogen-bond acceptors (Lipinski definition) is 1. The van der Waals surface area contributed by atoms with E-state index in [2.05, 4.69) is 40.4 Å². The Labute approximate surface area is 123 Å². The largest absolute Gasteiger partial charge is 0.313 e. The molecule has 0 spiro atoms. The lowest BCUT2D eigenvalue weighted by molar-refractivity contribution is 0.341. The van der Waals surface area contributed by atoms with Crippen LogP contribution in [0.25, 0.3) is 0 Å². The van der Waals surface area contributed by atoms with E-state index in [0.717, 1.165) is 15.4 Å². The van der Waals surface area contributed by atoms with Gasteiger partial charge in [-0.3, -0.25) is 0 Å². The minimum absolute atomic E-state index is 0.455. The highest BCUT2D eigenvalue weighted by molar-refractivity contribution is 9.10. The lowest BCUT2D eigenvalue weighted by Gasteiger charge is -2.26. The minimum Gasteiger partial charge on any atom is -0.313 e. The zero-order valence-corrected chi connectivity index (χ0v) is 13.2. The van der Waals surface area contributed by atoms with Crippen molar-refractivity contribution in [1.29, 1.82) is 0 Å². The van der Waals surface area contributed by atoms with E-state index in [4.69, 9.17) is 11.6 Å². The summed E-state index contributed by atoms with van der Waals surface area (Å²) in [6, 6.07) is 6.76. The predicted octanol–water partition coefficient (Wildman–Crippen LogP) is 5.33. The van der Waals surface area contributed by atoms with Crippen LogP contribution in [0, 0.1) is 5.92 Å². The summed E-state index contributed by atoms with van der Waals surface area (Å²) in [6.07, 6.45) is 8.22. The molecule has 1 aliphatic carbocycles. The number of rotatable bonds is 3. The predicted molar refractivity (Wildman–Crippen MR) is 82.1 cm³/mol. The number of nitrogens with one attached hydrogen (secondary N) is 1. The van der Waals surface area contributed by atoms with E-state index in [1.807, 2.05) is 6.07 Å². The van der Waals surface area contributed by atoms with Crippen LogP contribution in [-0.4, -0.2) is 7.05 Å². The van der Waals surface area contributed by atoms with Crippen LogP contribution in [-0.2, 0) is 0 Å². The maximum Gasteiger partial charge on any atom is 0.0548 e. The first kappa shape index (κ1) is 14.4. The van der Waals surface area contributed by atoms with Crippen molar-refractivity contribution < 1.29 is 0 Å². The van der Waals surface area contributed by atoms with E-state index in [-0.39, 0.29) is 0 Å². The highest BCUT2D eigenvalue weighted by Gasteiger charge is 2.23. The quantitative estimate of drug-likeness (QED) is 0.738. The highest BCUT2D eigenvalue weighted by Crippen LogP contribution is 2.35. The fourth-order valence-corrected chi connectivity index (χ4v) is 3.54. The van der Waals surface area contributed by atoms with Gasteiger partial charge in [0.15, 0.2) is 0 Å². The van der Waals surface area contributed by atoms with Crippen LogP contribution in [0.3, 0.4) is 0 Å². The topological polar surface area (TPSA) is 12.0 Å². The summed E-state index contributed by atoms with van der Waals surface area (Å²) < 4.78 is 0.996. The molecule has 100 valence electrons. The molecule has 1 N–H and O–H groups in total. The second-order valence-electron chi connectivity index (χ2n) is 5.19. The molecule has 1 nitrogen and oxygen atoms in total. The average molecular weight is 331 g/mol. The van der Waals surface area contributed by atoms with E-state index in [1.54, 1.807) is 0 Å². The Morgan fingerprint density at radius 1 is 1.22 bits per heavy atom. The third-order valence-electron chi connectivity index (χ3n) is 3.99. The maximum absolute atomic E-state index is 6.07. The molecule has 1 aromatic carbocycles. The summed E-state index contributed by atoms with van der Waals surface area (Å²) in [6.45, 7) is 0. The fraction of sp³-hybridized carbons (Fsp3) is 0.600. The summed E-state index contributed by atoms with van der Waals surface area (Å²) in [5.41, 5.74) is 1.35. The Bertz CT molecular complexity index is 386. The van der Waals surface area contributed by atoms with Crippen LogP contribution in [0.1, 0.15) is 50.1 Å². The average Bonchev–Trinajstić information content (AvgIpc) is 2.64. The molecule has 0 bridgehead atoms. The van der Waals surface area contributed by atoms with Crippen molar-refractivity contribution in [3.8, 4) is 0 Å². The van der Waals surface area contributed by atoms with Crippen molar-refractivity contribution in [1.82, 2.24) is 5.32 Å². The van der Waals surface area contributed by atoms with E-state index < -0.39 is 0 Å². The zero-order valence-electron chi connectivity index (χ0n) is 10.9. The van der Waals surface area contributed by atoms with Crippen molar-refractivity contribution in [2.75, 3.05) is 7.05 Å². The van der Waals surface area contributed by atoms with Gasteiger partial charge in [0.2, 0.25) is 0 Å². The van der Waals surface area contributed by atoms with Gasteiger partial charge >= 0.3 is 0 Å². The lowest BCUT2D eigenvalue weighted by Crippen LogP contribution is -2.25. The Morgan fingerprint density at radius 3 is 2.44 bits per heavy atom. The number of hydrogen-bond donors (Lipinski definition) is 1. The molecule has 18 heavy (non-hydrogen) atoms. The molecule has 0 aromatic heterocycles. The minimum atomic E-state index is 0.455. The van der Waals surface area contributed by atoms with Crippen LogP contribution in [0.15, 0.2) is 22.7 Å². The molecule has 0 heterocycles. The number of benzene rings is 1. The molecule has 2 rings (SSSR count). The van der Waals surface area contributed by atoms with Gasteiger partial charge in [-0.25, -0.2) is 0 Å². The van der Waals surface area contributed by atoms with Gasteiger partial charge in [0, 0.05) is 10.5 Å². The Kier molecular flexibility index (Phi) is 5.53. The van der Waals surface area contributed by atoms with E-state index in [1.165, 1.54) is 44.1 Å². The van der Waals surface area contributed by atoms with Crippen LogP contribution in [0.4, 0.5) is 0 Å². The molecule has 0 amide bonds. The van der Waals surface area contributed by atoms with E-state index in [9.17, 15) is 0 Å². The van der Waals surface area contributed by atoms with Crippen molar-refractivity contribution >= 4 is 27.5 Å². The molecule has 1 saturated carbocycles. The SMILES string of the molecule is CNC(c1ccc(Cl)c(Br)c1)C1CCCCCC1. The van der Waals surface area contributed by atoms with Crippen LogP contribution in [0.5, 0.6) is 0 Å². The van der Waals surface area contributed by atoms with Gasteiger partial charge in [-0.15, -0.1) is 0 Å². The van der Waals surface area contributed by atoms with Gasteiger partial charge in [-0.1, -0.05) is 43.4 Å². The Hall–Kier alpha value is -0.0500. The third kappa shape index (κ3) is 3.49. The van der Waals surface area contributed by atoms with Crippen molar-refractivity contribution in [3.63, 3.8) is 0 Å². The summed E-state index contributed by atoms with van der Waals surface area (Å²) in [4.78, 5) is 0. The molecule has 1 atom stereocenters. The molecular formula is C15H21BrClN. The summed E-state index contributed by atoms with van der Waals surface area (Å²) in [7, 11) is 2.07. The van der Waals surface area contributed by atoms with Crippen LogP contribution < -0.4 is 5.32 Å². The van der Waals surface area contributed by atoms with Gasteiger partial charge in [0.25, 0.3) is 0 Å². The van der Waals surface area contributed by atoms with Crippen LogP contribution >= 0.6 is 27.5 Å². The smallest absolute Gasteiger partial charge is 0.0548 e. The second-order valence-corrected chi connectivity index (χ2v) is 6.45. The lowest BCUT2D eigenvalue weighted by atomic mass is 9.87. The molecule has 0 aliphatic heterocycles. The van der Waals surface area contributed by atoms with Gasteiger partial charge in [-0.05, 0) is 59.4 Å². The summed E-state index contributed by atoms with van der Waals surface area (Å²) >= 11 is 9.60. The molecule has 0 radical (unpaired) electrons. The van der Waals surface area contributed by atoms with Crippen molar-refractivity contribution in [2.24, 2.45) is 5.92 Å². The van der Waals surface area contributed by atoms with Gasteiger partial charge in [0.05, 0.1) is 5.02 Å². The first-order valence-electron chi connectivity index (χ1n) is 6.84. The molecule has 1 unspecified atom stereocenters. The number of halogens is 2. The first-order chi connectivity index (χ1) is 8.72. The molecular weight excluding hydrogens is 310 g/mol. The van der Waals surface area contributed by atoms with Gasteiger partial charge in [0.1, 0.15) is 0 Å². The molecule has 1 aromatic rings. The zero-order chi connectivity index (χ0) is 13.0. The normalized spacial score (nSPS) is 19.5. The molecule has 1 fully saturated rings. The Balaban J connectivity index is 2.17. The molecule has 1 aliphatic rings. The third-order valence-corrected chi connectivity index (χ3v) is 5.20. The van der Waals surface area contributed by atoms with Gasteiger partial charge < -0.3 is 5.32 Å². The van der Waals surface area contributed by atoms with Crippen molar-refractivity contribution in [3.05, 3.63) is 33.3 Å². The first-order valence-corrected chi connectivity index (χ1v) is 8.01. The second kappa shape index (κ2) is 6.93. The Morgan fingerprint density at radius 2 is 1.89 bits per heavy atom. The van der Waals surface area contributed by atoms with Gasteiger partial charge in [-0.2, -0.15) is 0 Å². The standard InChI is InChI=1S/C15H21BrClN/c1-18-15(11-6-4-2-3-5-7-11)12-8-9-14(17)13(16)10-12/h8-11,15,18H,2-7H2,1H3. The maximum atomic E-state index is 6.07. The molecule has 3 heteroatoms.